The second kappa shape index (κ2) is 7.00. The lowest BCUT2D eigenvalue weighted by Gasteiger charge is -2.16. The third kappa shape index (κ3) is 5.44. The third-order valence-electron chi connectivity index (χ3n) is 3.28. The van der Waals surface area contributed by atoms with Crippen LogP contribution in [0, 0.1) is 5.82 Å². The van der Waals surface area contributed by atoms with Gasteiger partial charge in [0.1, 0.15) is 5.82 Å². The van der Waals surface area contributed by atoms with Crippen LogP contribution in [0.5, 0.6) is 0 Å². The summed E-state index contributed by atoms with van der Waals surface area (Å²) < 4.78 is 29.2. The van der Waals surface area contributed by atoms with Crippen molar-refractivity contribution >= 4 is 5.97 Å². The molecule has 1 aromatic carbocycles. The molecule has 4 nitrogen and oxygen atoms in total. The summed E-state index contributed by atoms with van der Waals surface area (Å²) in [6, 6.07) is 6.24. The second-order valence-corrected chi connectivity index (χ2v) is 5.59. The highest BCUT2D eigenvalue weighted by Gasteiger charge is 2.32. The molecule has 1 atom stereocenters. The highest BCUT2D eigenvalue weighted by Crippen LogP contribution is 2.23. The average Bonchev–Trinajstić information content (AvgIpc) is 2.76. The molecule has 5 heteroatoms. The molecule has 21 heavy (non-hydrogen) atoms. The molecule has 0 saturated carbocycles. The van der Waals surface area contributed by atoms with Crippen molar-refractivity contribution in [2.75, 3.05) is 13.2 Å². The maximum absolute atomic E-state index is 13.0. The average molecular weight is 296 g/mol. The molecule has 0 spiro atoms. The first-order chi connectivity index (χ1) is 9.94. The molecule has 0 bridgehead atoms. The van der Waals surface area contributed by atoms with Gasteiger partial charge in [-0.3, -0.25) is 4.79 Å². The number of halogens is 1. The fourth-order valence-corrected chi connectivity index (χ4v) is 2.22. The Bertz CT molecular complexity index is 487. The van der Waals surface area contributed by atoms with Gasteiger partial charge in [-0.1, -0.05) is 12.1 Å². The predicted octanol–water partition coefficient (Wildman–Crippen LogP) is 2.84. The summed E-state index contributed by atoms with van der Waals surface area (Å²) in [5.74, 6) is -1.12. The van der Waals surface area contributed by atoms with Gasteiger partial charge in [0.15, 0.2) is 5.79 Å². The minimum absolute atomic E-state index is 0.0315. The maximum Gasteiger partial charge on any atom is 0.306 e. The minimum atomic E-state index is -0.550. The Hall–Kier alpha value is -1.46. The molecule has 1 aromatic rings. The summed E-state index contributed by atoms with van der Waals surface area (Å²) in [7, 11) is 0. The Morgan fingerprint density at radius 3 is 2.95 bits per heavy atom. The zero-order valence-electron chi connectivity index (χ0n) is 12.4. The van der Waals surface area contributed by atoms with Gasteiger partial charge in [0, 0.05) is 12.8 Å². The number of esters is 1. The third-order valence-corrected chi connectivity index (χ3v) is 3.28. The molecule has 2 rings (SSSR count). The molecule has 0 amide bonds. The molecule has 1 unspecified atom stereocenters. The molecular weight excluding hydrogens is 275 g/mol. The number of rotatable bonds is 6. The van der Waals surface area contributed by atoms with Crippen LogP contribution >= 0.6 is 0 Å². The van der Waals surface area contributed by atoms with Crippen LogP contribution in [0.1, 0.15) is 32.3 Å². The van der Waals surface area contributed by atoms with E-state index < -0.39 is 5.79 Å². The lowest BCUT2D eigenvalue weighted by Crippen LogP contribution is -2.22. The Balaban J connectivity index is 1.62. The zero-order chi connectivity index (χ0) is 15.3. The summed E-state index contributed by atoms with van der Waals surface area (Å²) in [5, 5.41) is 0. The van der Waals surface area contributed by atoms with Gasteiger partial charge < -0.3 is 14.2 Å². The highest BCUT2D eigenvalue weighted by atomic mass is 19.1. The van der Waals surface area contributed by atoms with Crippen LogP contribution in [0.15, 0.2) is 24.3 Å². The van der Waals surface area contributed by atoms with Crippen molar-refractivity contribution in [1.82, 2.24) is 0 Å². The lowest BCUT2D eigenvalue weighted by molar-refractivity contribution is -0.148. The van der Waals surface area contributed by atoms with Crippen molar-refractivity contribution in [2.45, 2.75) is 45.0 Å². The maximum atomic E-state index is 13.0. The van der Waals surface area contributed by atoms with Crippen molar-refractivity contribution in [1.29, 1.82) is 0 Å². The number of hydrogen-bond acceptors (Lipinski definition) is 4. The largest absolute Gasteiger partial charge is 0.466 e. The molecule has 1 aliphatic heterocycles. The van der Waals surface area contributed by atoms with E-state index >= 15 is 0 Å². The molecule has 0 aromatic heterocycles. The van der Waals surface area contributed by atoms with Gasteiger partial charge in [0.2, 0.25) is 0 Å². The van der Waals surface area contributed by atoms with E-state index in [9.17, 15) is 9.18 Å². The van der Waals surface area contributed by atoms with Crippen LogP contribution in [0.4, 0.5) is 4.39 Å². The number of ether oxygens (including phenoxy) is 3. The SMILES string of the molecule is CC1(C)OCC(CCOC(=O)CCc2cccc(F)c2)O1. The number of hydrogen-bond donors (Lipinski definition) is 0. The molecule has 0 aliphatic carbocycles. The molecule has 1 heterocycles. The van der Waals surface area contributed by atoms with E-state index in [4.69, 9.17) is 14.2 Å². The summed E-state index contributed by atoms with van der Waals surface area (Å²) in [4.78, 5) is 11.6. The molecule has 116 valence electrons. The number of aryl methyl sites for hydroxylation is 1. The summed E-state index contributed by atoms with van der Waals surface area (Å²) in [5.41, 5.74) is 0.793. The Morgan fingerprint density at radius 1 is 1.48 bits per heavy atom. The first-order valence-corrected chi connectivity index (χ1v) is 7.16. The minimum Gasteiger partial charge on any atom is -0.466 e. The van der Waals surface area contributed by atoms with E-state index in [1.54, 1.807) is 12.1 Å². The van der Waals surface area contributed by atoms with Crippen LogP contribution in [0.2, 0.25) is 0 Å². The fourth-order valence-electron chi connectivity index (χ4n) is 2.22. The monoisotopic (exact) mass is 296 g/mol. The van der Waals surface area contributed by atoms with Crippen LogP contribution in [0.25, 0.3) is 0 Å². The van der Waals surface area contributed by atoms with Crippen molar-refractivity contribution in [3.8, 4) is 0 Å². The van der Waals surface area contributed by atoms with Gasteiger partial charge in [-0.25, -0.2) is 4.39 Å². The topological polar surface area (TPSA) is 44.8 Å². The molecule has 0 radical (unpaired) electrons. The van der Waals surface area contributed by atoms with Crippen molar-refractivity contribution in [2.24, 2.45) is 0 Å². The quantitative estimate of drug-likeness (QED) is 0.757. The van der Waals surface area contributed by atoms with Gasteiger partial charge >= 0.3 is 5.97 Å². The molecule has 0 N–H and O–H groups in total. The van der Waals surface area contributed by atoms with Gasteiger partial charge in [0.25, 0.3) is 0 Å². The van der Waals surface area contributed by atoms with Gasteiger partial charge in [0.05, 0.1) is 19.3 Å². The second-order valence-electron chi connectivity index (χ2n) is 5.59. The number of carbonyl (C=O) groups excluding carboxylic acids is 1. The van der Waals surface area contributed by atoms with Crippen molar-refractivity contribution in [3.63, 3.8) is 0 Å². The fraction of sp³-hybridized carbons (Fsp3) is 0.562. The van der Waals surface area contributed by atoms with Crippen LogP contribution in [-0.2, 0) is 25.4 Å². The first-order valence-electron chi connectivity index (χ1n) is 7.16. The van der Waals surface area contributed by atoms with Crippen LogP contribution in [0.3, 0.4) is 0 Å². The number of benzene rings is 1. The van der Waals surface area contributed by atoms with Gasteiger partial charge in [-0.2, -0.15) is 0 Å². The van der Waals surface area contributed by atoms with E-state index in [1.807, 2.05) is 13.8 Å². The lowest BCUT2D eigenvalue weighted by atomic mass is 10.1. The smallest absolute Gasteiger partial charge is 0.306 e. The Labute approximate surface area is 124 Å². The summed E-state index contributed by atoms with van der Waals surface area (Å²) in [6.45, 7) is 4.55. The number of carbonyl (C=O) groups is 1. The molecule has 1 fully saturated rings. The van der Waals surface area contributed by atoms with Crippen molar-refractivity contribution in [3.05, 3.63) is 35.6 Å². The van der Waals surface area contributed by atoms with Gasteiger partial charge in [-0.15, -0.1) is 0 Å². The normalized spacial score (nSPS) is 20.4. The Kier molecular flexibility index (Phi) is 5.31. The standard InChI is InChI=1S/C16H21FO4/c1-16(2)20-11-14(21-16)8-9-19-15(18)7-6-12-4-3-5-13(17)10-12/h3-5,10,14H,6-9,11H2,1-2H3. The highest BCUT2D eigenvalue weighted by molar-refractivity contribution is 5.69. The molecular formula is C16H21FO4. The molecule has 1 aliphatic rings. The van der Waals surface area contributed by atoms with E-state index in [0.29, 0.717) is 26.1 Å². The van der Waals surface area contributed by atoms with Crippen LogP contribution < -0.4 is 0 Å². The van der Waals surface area contributed by atoms with E-state index in [2.05, 4.69) is 0 Å². The van der Waals surface area contributed by atoms with Crippen LogP contribution in [-0.4, -0.2) is 31.1 Å². The van der Waals surface area contributed by atoms with E-state index in [-0.39, 0.29) is 24.3 Å². The van der Waals surface area contributed by atoms with Gasteiger partial charge in [-0.05, 0) is 38.0 Å². The Morgan fingerprint density at radius 2 is 2.29 bits per heavy atom. The van der Waals surface area contributed by atoms with Crippen molar-refractivity contribution < 1.29 is 23.4 Å². The van der Waals surface area contributed by atoms with E-state index in [1.165, 1.54) is 12.1 Å². The summed E-state index contributed by atoms with van der Waals surface area (Å²) >= 11 is 0. The van der Waals surface area contributed by atoms with E-state index in [0.717, 1.165) is 5.56 Å². The zero-order valence-corrected chi connectivity index (χ0v) is 12.4. The summed E-state index contributed by atoms with van der Waals surface area (Å²) in [6.07, 6.45) is 1.31. The predicted molar refractivity (Wildman–Crippen MR) is 75.2 cm³/mol. The molecule has 1 saturated heterocycles. The first kappa shape index (κ1) is 15.9.